The predicted molar refractivity (Wildman–Crippen MR) is 120 cm³/mol. The van der Waals surface area contributed by atoms with Crippen molar-refractivity contribution in [2.24, 2.45) is 4.99 Å². The molecule has 0 bridgehead atoms. The molecular weight excluding hydrogens is 508 g/mol. The van der Waals surface area contributed by atoms with Crippen LogP contribution in [0.4, 0.5) is 5.69 Å². The Kier molecular flexibility index (Phi) is 5.27. The van der Waals surface area contributed by atoms with Crippen molar-refractivity contribution in [2.45, 2.75) is 6.92 Å². The van der Waals surface area contributed by atoms with E-state index >= 15 is 0 Å². The van der Waals surface area contributed by atoms with Gasteiger partial charge in [0, 0.05) is 26.3 Å². The van der Waals surface area contributed by atoms with Crippen LogP contribution < -0.4 is 0 Å². The molecule has 4 rings (SSSR count). The van der Waals surface area contributed by atoms with E-state index in [1.165, 1.54) is 0 Å². The fraction of sp³-hybridized carbons (Fsp3) is 0.0476. The number of benzene rings is 3. The maximum atomic E-state index is 10.1. The van der Waals surface area contributed by atoms with Crippen molar-refractivity contribution in [3.8, 4) is 17.2 Å². The number of rotatable bonds is 3. The van der Waals surface area contributed by atoms with E-state index in [9.17, 15) is 5.11 Å². The van der Waals surface area contributed by atoms with Gasteiger partial charge in [0.05, 0.1) is 10.7 Å². The van der Waals surface area contributed by atoms with Gasteiger partial charge in [-0.25, -0.2) is 4.98 Å². The molecule has 1 heterocycles. The number of aryl methyl sites for hydroxylation is 1. The molecule has 0 aliphatic carbocycles. The molecular formula is C21H13Br2ClN2O2. The number of halogens is 3. The van der Waals surface area contributed by atoms with E-state index in [0.717, 1.165) is 20.1 Å². The average molecular weight is 521 g/mol. The number of fused-ring (bicyclic) bond motifs is 1. The Morgan fingerprint density at radius 1 is 1.11 bits per heavy atom. The summed E-state index contributed by atoms with van der Waals surface area (Å²) in [4.78, 5) is 9.00. The summed E-state index contributed by atoms with van der Waals surface area (Å²) >= 11 is 12.9. The zero-order chi connectivity index (χ0) is 19.8. The number of aromatic nitrogens is 1. The lowest BCUT2D eigenvalue weighted by molar-refractivity contribution is 0.474. The minimum atomic E-state index is -0.0108. The topological polar surface area (TPSA) is 58.6 Å². The summed E-state index contributed by atoms with van der Waals surface area (Å²) in [6, 6.07) is 14.8. The van der Waals surface area contributed by atoms with Crippen LogP contribution >= 0.6 is 43.5 Å². The van der Waals surface area contributed by atoms with Gasteiger partial charge in [0.15, 0.2) is 5.58 Å². The van der Waals surface area contributed by atoms with Crippen LogP contribution in [0, 0.1) is 6.92 Å². The van der Waals surface area contributed by atoms with Crippen molar-refractivity contribution < 1.29 is 9.52 Å². The molecule has 4 aromatic rings. The summed E-state index contributed by atoms with van der Waals surface area (Å²) in [6.45, 7) is 2.03. The van der Waals surface area contributed by atoms with Crippen molar-refractivity contribution in [3.63, 3.8) is 0 Å². The van der Waals surface area contributed by atoms with Gasteiger partial charge >= 0.3 is 0 Å². The lowest BCUT2D eigenvalue weighted by atomic mass is 10.1. The molecule has 0 unspecified atom stereocenters. The maximum Gasteiger partial charge on any atom is 0.227 e. The highest BCUT2D eigenvalue weighted by Gasteiger charge is 2.10. The number of hydrogen-bond donors (Lipinski definition) is 1. The van der Waals surface area contributed by atoms with Crippen LogP contribution in [0.1, 0.15) is 11.1 Å². The van der Waals surface area contributed by atoms with Gasteiger partial charge in [-0.1, -0.05) is 49.5 Å². The van der Waals surface area contributed by atoms with Crippen LogP contribution in [0.25, 0.3) is 22.6 Å². The monoisotopic (exact) mass is 518 g/mol. The third kappa shape index (κ3) is 3.85. The van der Waals surface area contributed by atoms with E-state index < -0.39 is 0 Å². The minimum absolute atomic E-state index is 0.0108. The van der Waals surface area contributed by atoms with E-state index in [-0.39, 0.29) is 10.8 Å². The summed E-state index contributed by atoms with van der Waals surface area (Å²) in [5, 5.41) is 10.3. The highest BCUT2D eigenvalue weighted by atomic mass is 79.9. The fourth-order valence-corrected chi connectivity index (χ4v) is 3.89. The molecule has 3 aromatic carbocycles. The maximum absolute atomic E-state index is 10.1. The number of phenolic OH excluding ortho intramolecular Hbond substituents is 1. The molecule has 1 N–H and O–H groups in total. The number of aliphatic imine (C=N–C) groups is 1. The minimum Gasteiger partial charge on any atom is -0.506 e. The molecule has 0 saturated heterocycles. The van der Waals surface area contributed by atoms with Crippen LogP contribution in [-0.2, 0) is 0 Å². The molecule has 28 heavy (non-hydrogen) atoms. The first-order valence-electron chi connectivity index (χ1n) is 8.30. The first-order chi connectivity index (χ1) is 13.4. The zero-order valence-corrected chi connectivity index (χ0v) is 18.5. The second-order valence-corrected chi connectivity index (χ2v) is 8.40. The van der Waals surface area contributed by atoms with Crippen molar-refractivity contribution >= 4 is 66.5 Å². The molecule has 0 spiro atoms. The standard InChI is InChI=1S/C21H13Br2ClN2O2/c1-11-2-3-12(7-16(11)23)21-26-18-9-15(4-5-19(18)28-21)25-10-13-6-14(22)8-17(24)20(13)27/h2-10,27H,1H3. The van der Waals surface area contributed by atoms with Crippen LogP contribution in [0.15, 0.2) is 66.9 Å². The van der Waals surface area contributed by atoms with E-state index in [4.69, 9.17) is 16.0 Å². The first kappa shape index (κ1) is 19.2. The van der Waals surface area contributed by atoms with Crippen molar-refractivity contribution in [3.05, 3.63) is 73.6 Å². The summed E-state index contributed by atoms with van der Waals surface area (Å²) < 4.78 is 7.64. The van der Waals surface area contributed by atoms with Crippen LogP contribution in [0.5, 0.6) is 5.75 Å². The Labute approximate surface area is 183 Å². The molecule has 140 valence electrons. The lowest BCUT2D eigenvalue weighted by Crippen LogP contribution is -1.84. The van der Waals surface area contributed by atoms with E-state index in [1.807, 2.05) is 43.3 Å². The summed E-state index contributed by atoms with van der Waals surface area (Å²) in [5.74, 6) is 0.539. The molecule has 0 amide bonds. The number of hydrogen-bond acceptors (Lipinski definition) is 4. The molecule has 0 saturated carbocycles. The van der Waals surface area contributed by atoms with Crippen molar-refractivity contribution in [1.82, 2.24) is 4.98 Å². The Morgan fingerprint density at radius 2 is 1.93 bits per heavy atom. The molecule has 1 aromatic heterocycles. The lowest BCUT2D eigenvalue weighted by Gasteiger charge is -2.02. The smallest absolute Gasteiger partial charge is 0.227 e. The zero-order valence-electron chi connectivity index (χ0n) is 14.6. The molecule has 4 nitrogen and oxygen atoms in total. The summed E-state index contributed by atoms with van der Waals surface area (Å²) in [7, 11) is 0. The van der Waals surface area contributed by atoms with E-state index in [1.54, 1.807) is 18.3 Å². The van der Waals surface area contributed by atoms with Gasteiger partial charge in [0.25, 0.3) is 0 Å². The summed E-state index contributed by atoms with van der Waals surface area (Å²) in [6.07, 6.45) is 1.56. The summed E-state index contributed by atoms with van der Waals surface area (Å²) in [5.41, 5.74) is 4.63. The van der Waals surface area contributed by atoms with E-state index in [2.05, 4.69) is 41.8 Å². The van der Waals surface area contributed by atoms with Gasteiger partial charge < -0.3 is 9.52 Å². The Hall–Kier alpha value is -2.15. The quantitative estimate of drug-likeness (QED) is 0.286. The number of phenols is 1. The van der Waals surface area contributed by atoms with Crippen molar-refractivity contribution in [1.29, 1.82) is 0 Å². The van der Waals surface area contributed by atoms with Gasteiger partial charge in [0.1, 0.15) is 11.3 Å². The highest BCUT2D eigenvalue weighted by molar-refractivity contribution is 9.10. The van der Waals surface area contributed by atoms with Gasteiger partial charge in [-0.15, -0.1) is 0 Å². The third-order valence-electron chi connectivity index (χ3n) is 4.20. The average Bonchev–Trinajstić information content (AvgIpc) is 3.09. The van der Waals surface area contributed by atoms with E-state index in [0.29, 0.717) is 28.2 Å². The number of aromatic hydroxyl groups is 1. The largest absolute Gasteiger partial charge is 0.506 e. The molecule has 0 radical (unpaired) electrons. The van der Waals surface area contributed by atoms with Gasteiger partial charge in [-0.05, 0) is 55.0 Å². The fourth-order valence-electron chi connectivity index (χ4n) is 2.67. The second kappa shape index (κ2) is 7.70. The number of nitrogens with zero attached hydrogens (tertiary/aromatic N) is 2. The second-order valence-electron chi connectivity index (χ2n) is 6.22. The van der Waals surface area contributed by atoms with Crippen LogP contribution in [0.2, 0.25) is 5.02 Å². The normalized spacial score (nSPS) is 11.6. The Bertz CT molecular complexity index is 1230. The molecule has 0 aliphatic rings. The molecule has 0 atom stereocenters. The van der Waals surface area contributed by atoms with Crippen LogP contribution in [-0.4, -0.2) is 16.3 Å². The molecule has 0 aliphatic heterocycles. The number of oxazole rings is 1. The SMILES string of the molecule is Cc1ccc(-c2nc3cc(N=Cc4cc(Br)cc(Cl)c4O)ccc3o2)cc1Br. The van der Waals surface area contributed by atoms with Crippen molar-refractivity contribution in [2.75, 3.05) is 0 Å². The first-order valence-corrected chi connectivity index (χ1v) is 10.3. The van der Waals surface area contributed by atoms with Gasteiger partial charge in [-0.3, -0.25) is 4.99 Å². The third-order valence-corrected chi connectivity index (χ3v) is 5.80. The van der Waals surface area contributed by atoms with Gasteiger partial charge in [0.2, 0.25) is 5.89 Å². The Balaban J connectivity index is 1.68. The Morgan fingerprint density at radius 3 is 2.71 bits per heavy atom. The molecule has 0 fully saturated rings. The molecule has 7 heteroatoms. The predicted octanol–water partition coefficient (Wildman–Crippen LogP) is 7.44. The van der Waals surface area contributed by atoms with Gasteiger partial charge in [-0.2, -0.15) is 0 Å². The van der Waals surface area contributed by atoms with Crippen LogP contribution in [0.3, 0.4) is 0 Å². The highest BCUT2D eigenvalue weighted by Crippen LogP contribution is 2.32.